The Morgan fingerprint density at radius 3 is 2.68 bits per heavy atom. The van der Waals surface area contributed by atoms with E-state index in [1.54, 1.807) is 11.3 Å². The number of piperidine rings is 1. The molecular formula is C20H23N3OS. The second-order valence-electron chi connectivity index (χ2n) is 7.01. The van der Waals surface area contributed by atoms with E-state index in [-0.39, 0.29) is 5.91 Å². The fraction of sp³-hybridized carbons (Fsp3) is 0.400. The molecule has 1 aromatic carbocycles. The SMILES string of the molecule is Cc1ccc(-n2nc(C)c3cc(C(=O)N4CCCCC4C)sc32)cc1. The standard InChI is InChI=1S/C20H23N3OS/c1-13-7-9-16(10-8-13)23-20-17(15(3)21-23)12-18(25-20)19(24)22-11-5-4-6-14(22)2/h7-10,12,14H,4-6,11H2,1-3H3. The predicted molar refractivity (Wildman–Crippen MR) is 103 cm³/mol. The van der Waals surface area contributed by atoms with Crippen LogP contribution in [-0.2, 0) is 0 Å². The molecule has 5 heteroatoms. The van der Waals surface area contributed by atoms with E-state index in [2.05, 4.69) is 43.2 Å². The number of hydrogen-bond donors (Lipinski definition) is 0. The van der Waals surface area contributed by atoms with Crippen LogP contribution in [0.1, 0.15) is 47.1 Å². The van der Waals surface area contributed by atoms with Crippen molar-refractivity contribution >= 4 is 27.5 Å². The van der Waals surface area contributed by atoms with Gasteiger partial charge in [-0.3, -0.25) is 4.79 Å². The number of thiophene rings is 1. The molecule has 1 aliphatic rings. The third-order valence-corrected chi connectivity index (χ3v) is 6.20. The van der Waals surface area contributed by atoms with Gasteiger partial charge in [-0.15, -0.1) is 11.3 Å². The lowest BCUT2D eigenvalue weighted by molar-refractivity contribution is 0.0641. The minimum atomic E-state index is 0.170. The number of likely N-dealkylation sites (tertiary alicyclic amines) is 1. The van der Waals surface area contributed by atoms with Crippen molar-refractivity contribution in [1.82, 2.24) is 14.7 Å². The van der Waals surface area contributed by atoms with Gasteiger partial charge in [-0.25, -0.2) is 4.68 Å². The van der Waals surface area contributed by atoms with Crippen molar-refractivity contribution in [2.75, 3.05) is 6.54 Å². The van der Waals surface area contributed by atoms with E-state index < -0.39 is 0 Å². The van der Waals surface area contributed by atoms with Gasteiger partial charge in [-0.2, -0.15) is 5.10 Å². The second-order valence-corrected chi connectivity index (χ2v) is 8.04. The van der Waals surface area contributed by atoms with Crippen molar-refractivity contribution in [3.8, 4) is 5.69 Å². The van der Waals surface area contributed by atoms with Crippen LogP contribution in [0.15, 0.2) is 30.3 Å². The highest BCUT2D eigenvalue weighted by molar-refractivity contribution is 7.20. The molecule has 0 bridgehead atoms. The highest BCUT2D eigenvalue weighted by Gasteiger charge is 2.26. The van der Waals surface area contributed by atoms with E-state index >= 15 is 0 Å². The van der Waals surface area contributed by atoms with Crippen LogP contribution in [0, 0.1) is 13.8 Å². The molecule has 1 saturated heterocycles. The number of aromatic nitrogens is 2. The topological polar surface area (TPSA) is 38.1 Å². The Morgan fingerprint density at radius 1 is 1.20 bits per heavy atom. The van der Waals surface area contributed by atoms with Crippen LogP contribution in [-0.4, -0.2) is 33.2 Å². The summed E-state index contributed by atoms with van der Waals surface area (Å²) in [6.07, 6.45) is 3.43. The number of carbonyl (C=O) groups excluding carboxylic acids is 1. The summed E-state index contributed by atoms with van der Waals surface area (Å²) in [5.41, 5.74) is 3.23. The van der Waals surface area contributed by atoms with Crippen molar-refractivity contribution in [2.24, 2.45) is 0 Å². The second kappa shape index (κ2) is 6.30. The van der Waals surface area contributed by atoms with Crippen LogP contribution in [0.3, 0.4) is 0 Å². The van der Waals surface area contributed by atoms with E-state index in [4.69, 9.17) is 0 Å². The van der Waals surface area contributed by atoms with Gasteiger partial charge in [-0.05, 0) is 58.2 Å². The maximum Gasteiger partial charge on any atom is 0.264 e. The quantitative estimate of drug-likeness (QED) is 0.669. The van der Waals surface area contributed by atoms with Gasteiger partial charge in [0.25, 0.3) is 5.91 Å². The third kappa shape index (κ3) is 2.86. The number of carbonyl (C=O) groups is 1. The Kier molecular flexibility index (Phi) is 4.12. The molecular weight excluding hydrogens is 330 g/mol. The van der Waals surface area contributed by atoms with Gasteiger partial charge in [0.15, 0.2) is 0 Å². The molecule has 1 atom stereocenters. The molecule has 3 aromatic rings. The fourth-order valence-electron chi connectivity index (χ4n) is 3.55. The smallest absolute Gasteiger partial charge is 0.264 e. The summed E-state index contributed by atoms with van der Waals surface area (Å²) in [6.45, 7) is 7.12. The zero-order valence-electron chi connectivity index (χ0n) is 15.0. The first-order valence-electron chi connectivity index (χ1n) is 8.92. The average molecular weight is 353 g/mol. The van der Waals surface area contributed by atoms with Gasteiger partial charge in [0, 0.05) is 18.0 Å². The molecule has 0 N–H and O–H groups in total. The number of nitrogens with zero attached hydrogens (tertiary/aromatic N) is 3. The Balaban J connectivity index is 1.74. The van der Waals surface area contributed by atoms with Crippen LogP contribution in [0.4, 0.5) is 0 Å². The maximum absolute atomic E-state index is 13.0. The lowest BCUT2D eigenvalue weighted by Crippen LogP contribution is -2.41. The van der Waals surface area contributed by atoms with Crippen molar-refractivity contribution in [3.05, 3.63) is 46.5 Å². The van der Waals surface area contributed by atoms with Crippen molar-refractivity contribution in [3.63, 3.8) is 0 Å². The molecule has 130 valence electrons. The predicted octanol–water partition coefficient (Wildman–Crippen LogP) is 4.72. The maximum atomic E-state index is 13.0. The molecule has 4 rings (SSSR count). The number of fused-ring (bicyclic) bond motifs is 1. The molecule has 1 unspecified atom stereocenters. The van der Waals surface area contributed by atoms with E-state index in [9.17, 15) is 4.79 Å². The normalized spacial score (nSPS) is 18.0. The van der Waals surface area contributed by atoms with E-state index in [0.717, 1.165) is 45.9 Å². The lowest BCUT2D eigenvalue weighted by atomic mass is 10.0. The molecule has 25 heavy (non-hydrogen) atoms. The highest BCUT2D eigenvalue weighted by atomic mass is 32.1. The molecule has 0 radical (unpaired) electrons. The number of rotatable bonds is 2. The number of amides is 1. The molecule has 1 fully saturated rings. The van der Waals surface area contributed by atoms with E-state index in [1.807, 2.05) is 22.6 Å². The molecule has 0 aliphatic carbocycles. The average Bonchev–Trinajstić information content (AvgIpc) is 3.17. The Bertz CT molecular complexity index is 922. The zero-order chi connectivity index (χ0) is 17.6. The first kappa shape index (κ1) is 16.3. The first-order valence-corrected chi connectivity index (χ1v) is 9.73. The Labute approximate surface area is 152 Å². The summed E-state index contributed by atoms with van der Waals surface area (Å²) in [5, 5.41) is 5.76. The summed E-state index contributed by atoms with van der Waals surface area (Å²) < 4.78 is 1.96. The van der Waals surface area contributed by atoms with Crippen LogP contribution in [0.2, 0.25) is 0 Å². The number of hydrogen-bond acceptors (Lipinski definition) is 3. The molecule has 1 aliphatic heterocycles. The minimum absolute atomic E-state index is 0.170. The zero-order valence-corrected chi connectivity index (χ0v) is 15.8. The highest BCUT2D eigenvalue weighted by Crippen LogP contribution is 2.32. The fourth-order valence-corrected chi connectivity index (χ4v) is 4.69. The summed E-state index contributed by atoms with van der Waals surface area (Å²) in [5.74, 6) is 0.170. The van der Waals surface area contributed by atoms with Crippen molar-refractivity contribution in [1.29, 1.82) is 0 Å². The van der Waals surface area contributed by atoms with Crippen LogP contribution >= 0.6 is 11.3 Å². The molecule has 0 spiro atoms. The summed E-state index contributed by atoms with van der Waals surface area (Å²) >= 11 is 1.56. The van der Waals surface area contributed by atoms with Crippen LogP contribution in [0.25, 0.3) is 15.9 Å². The Hall–Kier alpha value is -2.14. The first-order chi connectivity index (χ1) is 12.0. The minimum Gasteiger partial charge on any atom is -0.335 e. The van der Waals surface area contributed by atoms with Crippen LogP contribution in [0.5, 0.6) is 0 Å². The largest absolute Gasteiger partial charge is 0.335 e. The Morgan fingerprint density at radius 2 is 1.96 bits per heavy atom. The summed E-state index contributed by atoms with van der Waals surface area (Å²) in [4.78, 5) is 16.9. The van der Waals surface area contributed by atoms with E-state index in [0.29, 0.717) is 6.04 Å². The molecule has 2 aromatic heterocycles. The van der Waals surface area contributed by atoms with E-state index in [1.165, 1.54) is 12.0 Å². The lowest BCUT2D eigenvalue weighted by Gasteiger charge is -2.33. The van der Waals surface area contributed by atoms with Gasteiger partial charge in [0.05, 0.1) is 16.3 Å². The molecule has 4 nitrogen and oxygen atoms in total. The molecule has 1 amide bonds. The number of aryl methyl sites for hydroxylation is 2. The van der Waals surface area contributed by atoms with Gasteiger partial charge in [0.2, 0.25) is 0 Å². The number of benzene rings is 1. The van der Waals surface area contributed by atoms with Gasteiger partial charge < -0.3 is 4.90 Å². The van der Waals surface area contributed by atoms with Gasteiger partial charge in [-0.1, -0.05) is 17.7 Å². The summed E-state index contributed by atoms with van der Waals surface area (Å²) in [6, 6.07) is 10.7. The van der Waals surface area contributed by atoms with Gasteiger partial charge >= 0.3 is 0 Å². The van der Waals surface area contributed by atoms with Crippen molar-refractivity contribution in [2.45, 2.75) is 46.1 Å². The monoisotopic (exact) mass is 353 g/mol. The van der Waals surface area contributed by atoms with Crippen LogP contribution < -0.4 is 0 Å². The van der Waals surface area contributed by atoms with Crippen molar-refractivity contribution < 1.29 is 4.79 Å². The third-order valence-electron chi connectivity index (χ3n) is 5.10. The molecule has 0 saturated carbocycles. The summed E-state index contributed by atoms with van der Waals surface area (Å²) in [7, 11) is 0. The van der Waals surface area contributed by atoms with Gasteiger partial charge in [0.1, 0.15) is 4.83 Å². The molecule has 3 heterocycles.